The van der Waals surface area contributed by atoms with Gasteiger partial charge in [-0.15, -0.1) is 0 Å². The Morgan fingerprint density at radius 1 is 0.430 bits per heavy atom. The number of ether oxygens (including phenoxy) is 9. The number of aliphatic hydroxyl groups excluding tert-OH is 1. The van der Waals surface area contributed by atoms with Gasteiger partial charge in [-0.05, 0) is 71.8 Å². The molecule has 17 heteroatoms. The van der Waals surface area contributed by atoms with Gasteiger partial charge >= 0.3 is 23.9 Å². The number of carbonyl (C=O) groups is 6. The lowest BCUT2D eigenvalue weighted by Crippen LogP contribution is -2.69. The molecule has 0 radical (unpaired) electrons. The molecule has 3 heterocycles. The molecule has 10 rings (SSSR count). The number of benzene rings is 7. The van der Waals surface area contributed by atoms with Crippen molar-refractivity contribution in [2.75, 3.05) is 13.2 Å². The Morgan fingerprint density at radius 3 is 1.33 bits per heavy atom. The van der Waals surface area contributed by atoms with Gasteiger partial charge in [0.15, 0.2) is 30.9 Å². The first kappa shape index (κ1) is 53.7. The van der Waals surface area contributed by atoms with Crippen molar-refractivity contribution in [1.82, 2.24) is 4.90 Å². The molecule has 0 aliphatic carbocycles. The maximum atomic E-state index is 14.7. The highest BCUT2D eigenvalue weighted by molar-refractivity contribution is 6.21. The smallest absolute Gasteiger partial charge is 0.338 e. The summed E-state index contributed by atoms with van der Waals surface area (Å²) in [6.45, 7) is -1.03. The maximum Gasteiger partial charge on any atom is 0.338 e. The van der Waals surface area contributed by atoms with Gasteiger partial charge in [0, 0.05) is 0 Å². The van der Waals surface area contributed by atoms with Gasteiger partial charge < -0.3 is 47.7 Å². The molecule has 3 aliphatic heterocycles. The fourth-order valence-corrected chi connectivity index (χ4v) is 9.50. The van der Waals surface area contributed by atoms with Crippen molar-refractivity contribution in [2.45, 2.75) is 74.6 Å². The molecule has 79 heavy (non-hydrogen) atoms. The van der Waals surface area contributed by atoms with Crippen LogP contribution in [0.5, 0.6) is 0 Å². The number of aliphatic hydroxyl groups is 1. The Balaban J connectivity index is 1.10. The SMILES string of the molecule is O=C(OC[C@H]1O[C@@H](O[C@H]2[C@H](O)[C@@H](COCc3ccccc3)O[C@@H](OCc3ccccc3)[C@@H]2N2C(=O)c3ccccc3C2=O)[C@H](OC(=O)c2ccccc2)[C@@H](OC(=O)c2ccccc2)[C@H]1OC(=O)c1ccccc1)c1ccccc1. The van der Waals surface area contributed by atoms with Crippen LogP contribution in [-0.4, -0.2) is 120 Å². The van der Waals surface area contributed by atoms with Crippen LogP contribution < -0.4 is 0 Å². The second kappa shape index (κ2) is 25.2. The van der Waals surface area contributed by atoms with E-state index >= 15 is 0 Å². The topological polar surface area (TPSA) is 209 Å². The minimum absolute atomic E-state index is 0.0335. The standard InChI is InChI=1S/C62H53NO16/c64-50-47(37-71-35-39-21-7-1-8-22-39)74-61(73-36-40-23-9-2-10-24-40)49(63-55(65)45-33-19-20-34-46(45)56(63)66)52(50)79-62-54(78-60(70)44-31-17-6-18-32-44)53(77-59(69)43-29-15-5-16-30-43)51(76-58(68)42-27-13-4-14-28-42)48(75-62)38-72-57(67)41-25-11-3-12-26-41/h1-34,47-54,61-62,64H,35-38H2/t47-,48-,49-,50-,51+,52-,53+,54-,61-,62+/m1/s1. The van der Waals surface area contributed by atoms with Crippen LogP contribution in [0.4, 0.5) is 0 Å². The molecule has 0 saturated carbocycles. The molecule has 0 bridgehead atoms. The molecule has 2 amide bonds. The monoisotopic (exact) mass is 1070 g/mol. The van der Waals surface area contributed by atoms with Crippen molar-refractivity contribution >= 4 is 35.7 Å². The van der Waals surface area contributed by atoms with Gasteiger partial charge in [-0.3, -0.25) is 14.5 Å². The zero-order chi connectivity index (χ0) is 54.7. The minimum Gasteiger partial charge on any atom is -0.459 e. The molecule has 17 nitrogen and oxygen atoms in total. The molecule has 0 unspecified atom stereocenters. The predicted octanol–water partition coefficient (Wildman–Crippen LogP) is 7.81. The van der Waals surface area contributed by atoms with E-state index in [1.807, 2.05) is 36.4 Å². The summed E-state index contributed by atoms with van der Waals surface area (Å²) in [7, 11) is 0. The third kappa shape index (κ3) is 12.5. The Kier molecular flexibility index (Phi) is 17.1. The van der Waals surface area contributed by atoms with E-state index in [9.17, 15) is 33.9 Å². The maximum absolute atomic E-state index is 14.7. The highest BCUT2D eigenvalue weighted by atomic mass is 16.8. The Hall–Kier alpha value is -8.68. The summed E-state index contributed by atoms with van der Waals surface area (Å²) in [5.41, 5.74) is 1.89. The van der Waals surface area contributed by atoms with Crippen LogP contribution in [0.3, 0.4) is 0 Å². The van der Waals surface area contributed by atoms with E-state index in [4.69, 9.17) is 42.6 Å². The van der Waals surface area contributed by atoms with Crippen LogP contribution in [0.1, 0.15) is 73.3 Å². The van der Waals surface area contributed by atoms with Crippen LogP contribution >= 0.6 is 0 Å². The first-order chi connectivity index (χ1) is 38.6. The molecule has 0 aromatic heterocycles. The molecule has 2 fully saturated rings. The molecule has 2 saturated heterocycles. The molecule has 7 aromatic rings. The van der Waals surface area contributed by atoms with Crippen LogP contribution in [0.2, 0.25) is 0 Å². The van der Waals surface area contributed by atoms with Crippen LogP contribution in [0.25, 0.3) is 0 Å². The van der Waals surface area contributed by atoms with Crippen LogP contribution in [0.15, 0.2) is 206 Å². The van der Waals surface area contributed by atoms with Gasteiger partial charge in [0.2, 0.25) is 0 Å². The minimum atomic E-state index is -2.00. The summed E-state index contributed by atoms with van der Waals surface area (Å²) >= 11 is 0. The highest BCUT2D eigenvalue weighted by Crippen LogP contribution is 2.39. The second-order valence-electron chi connectivity index (χ2n) is 18.7. The fourth-order valence-electron chi connectivity index (χ4n) is 9.50. The zero-order valence-corrected chi connectivity index (χ0v) is 42.2. The molecule has 7 aromatic carbocycles. The van der Waals surface area contributed by atoms with Crippen LogP contribution in [0, 0.1) is 0 Å². The summed E-state index contributed by atoms with van der Waals surface area (Å²) < 4.78 is 57.7. The average molecular weight is 1070 g/mol. The van der Waals surface area contributed by atoms with Crippen molar-refractivity contribution < 1.29 is 76.5 Å². The van der Waals surface area contributed by atoms with E-state index in [1.165, 1.54) is 60.7 Å². The van der Waals surface area contributed by atoms with Gasteiger partial charge in [-0.1, -0.05) is 146 Å². The van der Waals surface area contributed by atoms with Gasteiger partial charge in [0.05, 0.1) is 53.2 Å². The molecule has 402 valence electrons. The number of amides is 2. The van der Waals surface area contributed by atoms with Crippen molar-refractivity contribution in [3.63, 3.8) is 0 Å². The number of nitrogens with zero attached hydrogens (tertiary/aromatic N) is 1. The highest BCUT2D eigenvalue weighted by Gasteiger charge is 2.59. The molecule has 1 N–H and O–H groups in total. The lowest BCUT2D eigenvalue weighted by Gasteiger charge is -2.50. The summed E-state index contributed by atoms with van der Waals surface area (Å²) in [5.74, 6) is -5.23. The number of hydrogen-bond donors (Lipinski definition) is 1. The van der Waals surface area contributed by atoms with Crippen molar-refractivity contribution in [1.29, 1.82) is 0 Å². The molecule has 3 aliphatic rings. The second-order valence-corrected chi connectivity index (χ2v) is 18.7. The number of rotatable bonds is 19. The zero-order valence-electron chi connectivity index (χ0n) is 42.2. The first-order valence-corrected chi connectivity index (χ1v) is 25.5. The number of hydrogen-bond acceptors (Lipinski definition) is 16. The summed E-state index contributed by atoms with van der Waals surface area (Å²) in [4.78, 5) is 87.3. The first-order valence-electron chi connectivity index (χ1n) is 25.5. The molecule has 10 atom stereocenters. The Morgan fingerprint density at radius 2 is 0.835 bits per heavy atom. The van der Waals surface area contributed by atoms with E-state index in [0.717, 1.165) is 10.5 Å². The molecular formula is C62H53NO16. The van der Waals surface area contributed by atoms with E-state index < -0.39 is 104 Å². The van der Waals surface area contributed by atoms with Gasteiger partial charge in [-0.25, -0.2) is 19.2 Å². The predicted molar refractivity (Wildman–Crippen MR) is 280 cm³/mol. The fraction of sp³-hybridized carbons (Fsp3) is 0.226. The lowest BCUT2D eigenvalue weighted by atomic mass is 9.94. The quantitative estimate of drug-likeness (QED) is 0.0465. The summed E-state index contributed by atoms with van der Waals surface area (Å²) in [6.07, 6.45) is -15.6. The van der Waals surface area contributed by atoms with Gasteiger partial charge in [0.25, 0.3) is 11.8 Å². The van der Waals surface area contributed by atoms with Crippen molar-refractivity contribution in [3.8, 4) is 0 Å². The summed E-state index contributed by atoms with van der Waals surface area (Å²) in [5, 5.41) is 12.8. The third-order valence-corrected chi connectivity index (χ3v) is 13.4. The van der Waals surface area contributed by atoms with Crippen molar-refractivity contribution in [3.05, 3.63) is 251 Å². The molecule has 0 spiro atoms. The Bertz CT molecular complexity index is 3170. The van der Waals surface area contributed by atoms with Crippen LogP contribution in [-0.2, 0) is 55.8 Å². The number of esters is 4. The van der Waals surface area contributed by atoms with E-state index in [1.54, 1.807) is 109 Å². The van der Waals surface area contributed by atoms with Gasteiger partial charge in [0.1, 0.15) is 37.1 Å². The average Bonchev–Trinajstić information content (AvgIpc) is 4.05. The third-order valence-electron chi connectivity index (χ3n) is 13.4. The van der Waals surface area contributed by atoms with Gasteiger partial charge in [-0.2, -0.15) is 0 Å². The number of carbonyl (C=O) groups excluding carboxylic acids is 6. The largest absolute Gasteiger partial charge is 0.459 e. The van der Waals surface area contributed by atoms with E-state index in [2.05, 4.69) is 0 Å². The summed E-state index contributed by atoms with van der Waals surface area (Å²) in [6, 6.07) is 54.3. The number of fused-ring (bicyclic) bond motifs is 1. The van der Waals surface area contributed by atoms with Crippen molar-refractivity contribution in [2.24, 2.45) is 0 Å². The lowest BCUT2D eigenvalue weighted by molar-refractivity contribution is -0.348. The van der Waals surface area contributed by atoms with E-state index in [-0.39, 0.29) is 53.2 Å². The Labute approximate surface area is 454 Å². The number of imide groups is 1. The van der Waals surface area contributed by atoms with E-state index in [0.29, 0.717) is 5.56 Å². The normalized spacial score (nSPS) is 23.5. The molecular weight excluding hydrogens is 1010 g/mol.